The molecule has 2 bridgehead atoms. The van der Waals surface area contributed by atoms with E-state index in [-0.39, 0.29) is 6.10 Å². The standard InChI is InChI=1S/C14H23NO2/c16-12-4-2-10(6-12)8-15-14(17)13-7-9-1-3-11(13)5-9/h9-13,16H,1-8H2,(H,15,17). The third-order valence-corrected chi connectivity index (χ3v) is 5.15. The molecule has 3 aliphatic rings. The van der Waals surface area contributed by atoms with Gasteiger partial charge >= 0.3 is 0 Å². The van der Waals surface area contributed by atoms with Gasteiger partial charge in [0.2, 0.25) is 5.91 Å². The normalized spacial score (nSPS) is 44.2. The van der Waals surface area contributed by atoms with Gasteiger partial charge in [-0.1, -0.05) is 6.42 Å². The number of hydrogen-bond donors (Lipinski definition) is 2. The zero-order valence-corrected chi connectivity index (χ0v) is 10.4. The third kappa shape index (κ3) is 2.35. The van der Waals surface area contributed by atoms with Gasteiger partial charge in [0.25, 0.3) is 0 Å². The highest BCUT2D eigenvalue weighted by molar-refractivity contribution is 5.79. The minimum atomic E-state index is -0.126. The molecule has 0 radical (unpaired) electrons. The number of amides is 1. The average Bonchev–Trinajstić information content (AvgIpc) is 3.01. The van der Waals surface area contributed by atoms with E-state index in [0.29, 0.717) is 23.7 Å². The van der Waals surface area contributed by atoms with Gasteiger partial charge in [-0.05, 0) is 56.3 Å². The molecule has 96 valence electrons. The van der Waals surface area contributed by atoms with Crippen LogP contribution in [-0.2, 0) is 4.79 Å². The second-order valence-corrected chi connectivity index (χ2v) is 6.36. The van der Waals surface area contributed by atoms with E-state index in [2.05, 4.69) is 5.32 Å². The summed E-state index contributed by atoms with van der Waals surface area (Å²) in [6, 6.07) is 0. The lowest BCUT2D eigenvalue weighted by Crippen LogP contribution is -2.36. The van der Waals surface area contributed by atoms with Crippen molar-refractivity contribution >= 4 is 5.91 Å². The third-order valence-electron chi connectivity index (χ3n) is 5.15. The van der Waals surface area contributed by atoms with E-state index in [1.54, 1.807) is 0 Å². The molecule has 0 aromatic heterocycles. The maximum Gasteiger partial charge on any atom is 0.223 e. The number of carbonyl (C=O) groups excluding carboxylic acids is 1. The molecule has 0 heterocycles. The van der Waals surface area contributed by atoms with Crippen LogP contribution in [0.25, 0.3) is 0 Å². The number of nitrogens with one attached hydrogen (secondary N) is 1. The molecule has 0 aliphatic heterocycles. The summed E-state index contributed by atoms with van der Waals surface area (Å²) in [4.78, 5) is 12.1. The Balaban J connectivity index is 1.44. The van der Waals surface area contributed by atoms with E-state index >= 15 is 0 Å². The summed E-state index contributed by atoms with van der Waals surface area (Å²) in [7, 11) is 0. The number of carbonyl (C=O) groups is 1. The molecule has 5 atom stereocenters. The molecule has 0 aromatic rings. The van der Waals surface area contributed by atoms with Crippen molar-refractivity contribution < 1.29 is 9.90 Å². The highest BCUT2D eigenvalue weighted by Crippen LogP contribution is 2.48. The van der Waals surface area contributed by atoms with E-state index in [9.17, 15) is 9.90 Å². The lowest BCUT2D eigenvalue weighted by molar-refractivity contribution is -0.126. The fourth-order valence-electron chi connectivity index (χ4n) is 4.18. The Kier molecular flexibility index (Phi) is 3.12. The first-order valence-corrected chi connectivity index (χ1v) is 7.18. The van der Waals surface area contributed by atoms with Gasteiger partial charge in [0.15, 0.2) is 0 Å². The number of aliphatic hydroxyl groups excluding tert-OH is 1. The average molecular weight is 237 g/mol. The summed E-state index contributed by atoms with van der Waals surface area (Å²) >= 11 is 0. The summed E-state index contributed by atoms with van der Waals surface area (Å²) in [6.07, 6.45) is 7.77. The minimum absolute atomic E-state index is 0.126. The van der Waals surface area contributed by atoms with Crippen molar-refractivity contribution in [2.24, 2.45) is 23.7 Å². The molecule has 0 spiro atoms. The van der Waals surface area contributed by atoms with Crippen LogP contribution in [0.15, 0.2) is 0 Å². The van der Waals surface area contributed by atoms with Crippen molar-refractivity contribution in [3.8, 4) is 0 Å². The summed E-state index contributed by atoms with van der Waals surface area (Å²) in [5.41, 5.74) is 0. The van der Waals surface area contributed by atoms with E-state index in [1.807, 2.05) is 0 Å². The van der Waals surface area contributed by atoms with E-state index in [4.69, 9.17) is 0 Å². The van der Waals surface area contributed by atoms with Crippen molar-refractivity contribution in [2.45, 2.75) is 51.0 Å². The van der Waals surface area contributed by atoms with Crippen molar-refractivity contribution in [3.05, 3.63) is 0 Å². The highest BCUT2D eigenvalue weighted by atomic mass is 16.3. The van der Waals surface area contributed by atoms with Crippen LogP contribution < -0.4 is 5.32 Å². The van der Waals surface area contributed by atoms with E-state index in [0.717, 1.165) is 38.1 Å². The summed E-state index contributed by atoms with van der Waals surface area (Å²) in [6.45, 7) is 0.782. The van der Waals surface area contributed by atoms with Gasteiger partial charge in [-0.15, -0.1) is 0 Å². The van der Waals surface area contributed by atoms with Gasteiger partial charge < -0.3 is 10.4 Å². The molecule has 17 heavy (non-hydrogen) atoms. The van der Waals surface area contributed by atoms with Gasteiger partial charge in [-0.25, -0.2) is 0 Å². The zero-order chi connectivity index (χ0) is 11.8. The number of hydrogen-bond acceptors (Lipinski definition) is 2. The zero-order valence-electron chi connectivity index (χ0n) is 10.4. The summed E-state index contributed by atoms with van der Waals surface area (Å²) in [5.74, 6) is 2.62. The Morgan fingerprint density at radius 2 is 2.00 bits per heavy atom. The maximum absolute atomic E-state index is 12.1. The van der Waals surface area contributed by atoms with Crippen LogP contribution >= 0.6 is 0 Å². The molecule has 3 nitrogen and oxygen atoms in total. The van der Waals surface area contributed by atoms with E-state index < -0.39 is 0 Å². The van der Waals surface area contributed by atoms with Crippen LogP contribution in [-0.4, -0.2) is 23.7 Å². The molecule has 3 rings (SSSR count). The van der Waals surface area contributed by atoms with E-state index in [1.165, 1.54) is 19.3 Å². The molecule has 3 saturated carbocycles. The monoisotopic (exact) mass is 237 g/mol. The van der Waals surface area contributed by atoms with Gasteiger partial charge in [0.1, 0.15) is 0 Å². The summed E-state index contributed by atoms with van der Waals surface area (Å²) < 4.78 is 0. The smallest absolute Gasteiger partial charge is 0.223 e. The Hall–Kier alpha value is -0.570. The second kappa shape index (κ2) is 4.60. The topological polar surface area (TPSA) is 49.3 Å². The van der Waals surface area contributed by atoms with Gasteiger partial charge in [0.05, 0.1) is 6.10 Å². The molecule has 3 heteroatoms. The molecule has 0 saturated heterocycles. The number of fused-ring (bicyclic) bond motifs is 2. The van der Waals surface area contributed by atoms with Crippen LogP contribution in [0.3, 0.4) is 0 Å². The molecule has 3 aliphatic carbocycles. The first kappa shape index (κ1) is 11.5. The Bertz CT molecular complexity index is 305. The van der Waals surface area contributed by atoms with Crippen LogP contribution in [0.1, 0.15) is 44.9 Å². The van der Waals surface area contributed by atoms with Crippen molar-refractivity contribution in [3.63, 3.8) is 0 Å². The van der Waals surface area contributed by atoms with Gasteiger partial charge in [-0.3, -0.25) is 4.79 Å². The summed E-state index contributed by atoms with van der Waals surface area (Å²) in [5, 5.41) is 12.6. The molecule has 2 N–H and O–H groups in total. The lowest BCUT2D eigenvalue weighted by Gasteiger charge is -2.21. The second-order valence-electron chi connectivity index (χ2n) is 6.36. The van der Waals surface area contributed by atoms with Crippen LogP contribution in [0.5, 0.6) is 0 Å². The molecule has 3 fully saturated rings. The van der Waals surface area contributed by atoms with Crippen LogP contribution in [0.4, 0.5) is 0 Å². The Morgan fingerprint density at radius 3 is 2.59 bits per heavy atom. The fraction of sp³-hybridized carbons (Fsp3) is 0.929. The lowest BCUT2D eigenvalue weighted by atomic mass is 9.88. The Labute approximate surface area is 103 Å². The van der Waals surface area contributed by atoms with Gasteiger partial charge in [-0.2, -0.15) is 0 Å². The SMILES string of the molecule is O=C(NCC1CCC(O)C1)C1CC2CCC1C2. The fourth-order valence-corrected chi connectivity index (χ4v) is 4.18. The molecular formula is C14H23NO2. The van der Waals surface area contributed by atoms with Crippen LogP contribution in [0.2, 0.25) is 0 Å². The Morgan fingerprint density at radius 1 is 1.12 bits per heavy atom. The van der Waals surface area contributed by atoms with Crippen molar-refractivity contribution in [2.75, 3.05) is 6.54 Å². The first-order chi connectivity index (χ1) is 8.22. The first-order valence-electron chi connectivity index (χ1n) is 7.18. The highest BCUT2D eigenvalue weighted by Gasteiger charge is 2.43. The predicted molar refractivity (Wildman–Crippen MR) is 65.3 cm³/mol. The number of rotatable bonds is 3. The van der Waals surface area contributed by atoms with Gasteiger partial charge in [0, 0.05) is 12.5 Å². The largest absolute Gasteiger partial charge is 0.393 e. The minimum Gasteiger partial charge on any atom is -0.393 e. The maximum atomic E-state index is 12.1. The molecule has 1 amide bonds. The number of aliphatic hydroxyl groups is 1. The molecule has 0 aromatic carbocycles. The quantitative estimate of drug-likeness (QED) is 0.785. The van der Waals surface area contributed by atoms with Crippen LogP contribution in [0, 0.1) is 23.7 Å². The molecule has 5 unspecified atom stereocenters. The predicted octanol–water partition coefficient (Wildman–Crippen LogP) is 1.70. The molecular weight excluding hydrogens is 214 g/mol. The van der Waals surface area contributed by atoms with Crippen molar-refractivity contribution in [1.82, 2.24) is 5.32 Å². The van der Waals surface area contributed by atoms with Crippen molar-refractivity contribution in [1.29, 1.82) is 0 Å².